The van der Waals surface area contributed by atoms with Gasteiger partial charge in [0.05, 0.1) is 0 Å². The molecule has 1 aromatic heterocycles. The summed E-state index contributed by atoms with van der Waals surface area (Å²) in [6.45, 7) is 2.98. The minimum absolute atomic E-state index is 0.194. The Balaban J connectivity index is 1.22. The number of nitrogens with one attached hydrogen (secondary N) is 2. The van der Waals surface area contributed by atoms with E-state index in [1.54, 1.807) is 18.5 Å². The summed E-state index contributed by atoms with van der Waals surface area (Å²) in [6.07, 6.45) is 13.2. The summed E-state index contributed by atoms with van der Waals surface area (Å²) in [5.41, 5.74) is 0.389. The Labute approximate surface area is 150 Å². The fraction of sp³-hybridized carbons (Fsp3) is 0.750. The van der Waals surface area contributed by atoms with E-state index in [2.05, 4.69) is 27.5 Å². The van der Waals surface area contributed by atoms with Gasteiger partial charge in [0.15, 0.2) is 0 Å². The molecule has 1 heterocycles. The molecule has 2 N–H and O–H groups in total. The van der Waals surface area contributed by atoms with Crippen LogP contribution >= 0.6 is 0 Å². The number of hydrogen-bond donors (Lipinski definition) is 2. The molecule has 5 nitrogen and oxygen atoms in total. The summed E-state index contributed by atoms with van der Waals surface area (Å²) in [4.78, 5) is 20.6. The van der Waals surface area contributed by atoms with Crippen LogP contribution in [0, 0.1) is 23.2 Å². The zero-order valence-electron chi connectivity index (χ0n) is 15.2. The summed E-state index contributed by atoms with van der Waals surface area (Å²) in [7, 11) is 0. The molecule has 1 atom stereocenters. The maximum atomic E-state index is 12.4. The van der Waals surface area contributed by atoms with Gasteiger partial charge < -0.3 is 10.6 Å². The highest BCUT2D eigenvalue weighted by atomic mass is 16.1. The van der Waals surface area contributed by atoms with Gasteiger partial charge in [-0.2, -0.15) is 0 Å². The molecule has 4 saturated carbocycles. The van der Waals surface area contributed by atoms with Gasteiger partial charge >= 0.3 is 0 Å². The van der Waals surface area contributed by atoms with Crippen LogP contribution in [0.4, 0.5) is 5.95 Å². The Morgan fingerprint density at radius 1 is 1.16 bits per heavy atom. The Bertz CT molecular complexity index is 568. The van der Waals surface area contributed by atoms with Crippen molar-refractivity contribution >= 4 is 11.9 Å². The minimum atomic E-state index is 0.194. The molecule has 4 aliphatic carbocycles. The summed E-state index contributed by atoms with van der Waals surface area (Å²) in [6, 6.07) is 2.11. The van der Waals surface area contributed by atoms with Gasteiger partial charge in [-0.25, -0.2) is 9.97 Å². The van der Waals surface area contributed by atoms with Crippen molar-refractivity contribution in [3.05, 3.63) is 18.5 Å². The third kappa shape index (κ3) is 3.65. The molecule has 1 amide bonds. The number of carbonyl (C=O) groups excluding carboxylic acids is 1. The van der Waals surface area contributed by atoms with E-state index < -0.39 is 0 Å². The Morgan fingerprint density at radius 3 is 2.36 bits per heavy atom. The van der Waals surface area contributed by atoms with Crippen LogP contribution in [0.5, 0.6) is 0 Å². The van der Waals surface area contributed by atoms with E-state index in [4.69, 9.17) is 0 Å². The molecule has 0 aliphatic heterocycles. The Kier molecular flexibility index (Phi) is 4.65. The van der Waals surface area contributed by atoms with Crippen LogP contribution in [0.2, 0.25) is 0 Å². The maximum absolute atomic E-state index is 12.4. The normalized spacial score (nSPS) is 33.9. The van der Waals surface area contributed by atoms with Gasteiger partial charge in [0.2, 0.25) is 11.9 Å². The minimum Gasteiger partial charge on any atom is -0.354 e. The van der Waals surface area contributed by atoms with Crippen LogP contribution in [-0.2, 0) is 4.79 Å². The molecular weight excluding hydrogens is 312 g/mol. The first kappa shape index (κ1) is 16.8. The van der Waals surface area contributed by atoms with Crippen LogP contribution in [0.25, 0.3) is 0 Å². The Hall–Kier alpha value is -1.65. The van der Waals surface area contributed by atoms with Crippen molar-refractivity contribution < 1.29 is 4.79 Å². The highest BCUT2D eigenvalue weighted by Gasteiger charge is 2.53. The van der Waals surface area contributed by atoms with Gasteiger partial charge in [0, 0.05) is 31.4 Å². The van der Waals surface area contributed by atoms with Gasteiger partial charge in [-0.3, -0.25) is 4.79 Å². The first-order chi connectivity index (χ1) is 12.1. The number of anilines is 1. The second kappa shape index (κ2) is 6.93. The number of rotatable bonds is 7. The van der Waals surface area contributed by atoms with Crippen molar-refractivity contribution in [2.75, 3.05) is 11.9 Å². The van der Waals surface area contributed by atoms with Gasteiger partial charge in [0.1, 0.15) is 0 Å². The molecule has 4 aliphatic rings. The monoisotopic (exact) mass is 342 g/mol. The Morgan fingerprint density at radius 2 is 1.76 bits per heavy atom. The fourth-order valence-electron chi connectivity index (χ4n) is 6.01. The third-order valence-electron chi connectivity index (χ3n) is 6.81. The van der Waals surface area contributed by atoms with Gasteiger partial charge in [-0.1, -0.05) is 0 Å². The van der Waals surface area contributed by atoms with E-state index in [0.29, 0.717) is 23.8 Å². The number of hydrogen-bond acceptors (Lipinski definition) is 4. The van der Waals surface area contributed by atoms with Crippen molar-refractivity contribution in [2.24, 2.45) is 23.2 Å². The zero-order chi connectivity index (χ0) is 17.3. The first-order valence-electron chi connectivity index (χ1n) is 9.93. The highest BCUT2D eigenvalue weighted by molar-refractivity contribution is 5.76. The highest BCUT2D eigenvalue weighted by Crippen LogP contribution is 2.61. The van der Waals surface area contributed by atoms with Crippen LogP contribution in [0.3, 0.4) is 0 Å². The van der Waals surface area contributed by atoms with Gasteiger partial charge in [0.25, 0.3) is 0 Å². The van der Waals surface area contributed by atoms with Crippen molar-refractivity contribution in [1.29, 1.82) is 0 Å². The smallest absolute Gasteiger partial charge is 0.222 e. The predicted molar refractivity (Wildman–Crippen MR) is 98.0 cm³/mol. The van der Waals surface area contributed by atoms with Crippen LogP contribution in [0.15, 0.2) is 18.5 Å². The molecule has 0 spiro atoms. The molecule has 4 fully saturated rings. The first-order valence-corrected chi connectivity index (χ1v) is 9.93. The average molecular weight is 342 g/mol. The van der Waals surface area contributed by atoms with Crippen molar-refractivity contribution in [1.82, 2.24) is 15.3 Å². The number of carbonyl (C=O) groups is 1. The number of nitrogens with zero attached hydrogens (tertiary/aromatic N) is 2. The topological polar surface area (TPSA) is 66.9 Å². The lowest BCUT2D eigenvalue weighted by molar-refractivity contribution is -0.125. The van der Waals surface area contributed by atoms with E-state index in [-0.39, 0.29) is 5.91 Å². The number of amides is 1. The lowest BCUT2D eigenvalue weighted by atomic mass is 9.48. The molecule has 5 heteroatoms. The molecule has 5 rings (SSSR count). The largest absolute Gasteiger partial charge is 0.354 e. The van der Waals surface area contributed by atoms with E-state index in [0.717, 1.165) is 30.7 Å². The summed E-state index contributed by atoms with van der Waals surface area (Å²) < 4.78 is 0. The molecular formula is C20H30N4O. The van der Waals surface area contributed by atoms with E-state index >= 15 is 0 Å². The molecule has 1 aromatic rings. The second-order valence-electron chi connectivity index (χ2n) is 8.67. The van der Waals surface area contributed by atoms with E-state index in [1.807, 2.05) is 0 Å². The standard InChI is InChI=1S/C20H30N4O/c1-14(20-11-15-8-16(12-20)10-17(9-15)13-20)24-18(25)4-2-5-21-19-22-6-3-7-23-19/h3,6-7,14-17H,2,4-5,8-13H2,1H3,(H,24,25)(H,21,22,23)/t14-,15?,16?,17?,20?/m0/s1. The second-order valence-corrected chi connectivity index (χ2v) is 8.67. The average Bonchev–Trinajstić information content (AvgIpc) is 2.58. The summed E-state index contributed by atoms with van der Waals surface area (Å²) >= 11 is 0. The predicted octanol–water partition coefficient (Wildman–Crippen LogP) is 3.39. The molecule has 25 heavy (non-hydrogen) atoms. The number of aromatic nitrogens is 2. The lowest BCUT2D eigenvalue weighted by Gasteiger charge is -2.59. The quantitative estimate of drug-likeness (QED) is 0.746. The lowest BCUT2D eigenvalue weighted by Crippen LogP contribution is -2.55. The maximum Gasteiger partial charge on any atom is 0.222 e. The fourth-order valence-corrected chi connectivity index (χ4v) is 6.01. The van der Waals surface area contributed by atoms with Crippen molar-refractivity contribution in [3.63, 3.8) is 0 Å². The molecule has 136 valence electrons. The summed E-state index contributed by atoms with van der Waals surface area (Å²) in [5.74, 6) is 3.62. The molecule has 0 aromatic carbocycles. The van der Waals surface area contributed by atoms with E-state index in [1.165, 1.54) is 38.5 Å². The molecule has 0 unspecified atom stereocenters. The molecule has 0 saturated heterocycles. The zero-order valence-corrected chi connectivity index (χ0v) is 15.2. The third-order valence-corrected chi connectivity index (χ3v) is 6.81. The SMILES string of the molecule is C[C@H](NC(=O)CCCNc1ncccn1)C12CC3CC(CC(C3)C1)C2. The van der Waals surface area contributed by atoms with Crippen LogP contribution in [-0.4, -0.2) is 28.5 Å². The van der Waals surface area contributed by atoms with E-state index in [9.17, 15) is 4.79 Å². The van der Waals surface area contributed by atoms with Crippen molar-refractivity contribution in [3.8, 4) is 0 Å². The van der Waals surface area contributed by atoms with Gasteiger partial charge in [-0.05, 0) is 81.1 Å². The van der Waals surface area contributed by atoms with Gasteiger partial charge in [-0.15, -0.1) is 0 Å². The van der Waals surface area contributed by atoms with Crippen LogP contribution < -0.4 is 10.6 Å². The molecule has 0 radical (unpaired) electrons. The van der Waals surface area contributed by atoms with Crippen LogP contribution in [0.1, 0.15) is 58.3 Å². The van der Waals surface area contributed by atoms with Crippen molar-refractivity contribution in [2.45, 2.75) is 64.3 Å². The summed E-state index contributed by atoms with van der Waals surface area (Å²) in [5, 5.41) is 6.50. The molecule has 4 bridgehead atoms.